The van der Waals surface area contributed by atoms with E-state index in [1.165, 1.54) is 0 Å². The number of hydrogen-bond donors (Lipinski definition) is 4. The highest BCUT2D eigenvalue weighted by atomic mass is 16.7. The molecule has 0 spiro atoms. The van der Waals surface area contributed by atoms with Gasteiger partial charge in [0.1, 0.15) is 18.8 Å². The van der Waals surface area contributed by atoms with E-state index in [-0.39, 0.29) is 41.3 Å². The molecule has 1 saturated heterocycles. The van der Waals surface area contributed by atoms with E-state index in [2.05, 4.69) is 13.8 Å². The molecule has 2 aliphatic heterocycles. The van der Waals surface area contributed by atoms with Gasteiger partial charge in [0.15, 0.2) is 6.23 Å². The average molecular weight is 535 g/mol. The molecule has 0 aromatic rings. The van der Waals surface area contributed by atoms with E-state index < -0.39 is 30.1 Å². The van der Waals surface area contributed by atoms with Crippen LogP contribution in [-0.2, 0) is 19.1 Å². The molecule has 4 aliphatic carbocycles. The van der Waals surface area contributed by atoms with Gasteiger partial charge in [-0.3, -0.25) is 4.84 Å². The van der Waals surface area contributed by atoms with Crippen molar-refractivity contribution < 1.29 is 34.4 Å². The Labute approximate surface area is 225 Å². The van der Waals surface area contributed by atoms with Crippen LogP contribution < -0.4 is 5.73 Å². The second-order valence-electron chi connectivity index (χ2n) is 13.6. The summed E-state index contributed by atoms with van der Waals surface area (Å²) in [5.74, 6) is 1.18. The predicted molar refractivity (Wildman–Crippen MR) is 138 cm³/mol. The molecule has 0 amide bonds. The van der Waals surface area contributed by atoms with Crippen LogP contribution in [0.4, 0.5) is 0 Å². The first-order chi connectivity index (χ1) is 18.0. The molecular formula is C29H46N2O7. The third-order valence-electron chi connectivity index (χ3n) is 12.3. The fourth-order valence-electron chi connectivity index (χ4n) is 10.1. The molecule has 2 heterocycles. The maximum atomic E-state index is 12.4. The van der Waals surface area contributed by atoms with Crippen molar-refractivity contribution in [1.82, 2.24) is 5.06 Å². The summed E-state index contributed by atoms with van der Waals surface area (Å²) >= 11 is 0. The molecule has 5 N–H and O–H groups in total. The highest BCUT2D eigenvalue weighted by Crippen LogP contribution is 2.70. The number of fused-ring (bicyclic) bond motifs is 5. The molecule has 0 unspecified atom stereocenters. The second kappa shape index (κ2) is 9.50. The van der Waals surface area contributed by atoms with Gasteiger partial charge in [0.25, 0.3) is 0 Å². The summed E-state index contributed by atoms with van der Waals surface area (Å²) in [5.41, 5.74) is 6.15. The topological polar surface area (TPSA) is 135 Å². The van der Waals surface area contributed by atoms with Crippen molar-refractivity contribution in [3.05, 3.63) is 11.6 Å². The second-order valence-corrected chi connectivity index (χ2v) is 13.6. The van der Waals surface area contributed by atoms with Gasteiger partial charge in [-0.05, 0) is 92.4 Å². The van der Waals surface area contributed by atoms with Crippen molar-refractivity contribution in [2.24, 2.45) is 40.2 Å². The number of hydroxylamine groups is 2. The number of esters is 1. The molecule has 5 fully saturated rings. The summed E-state index contributed by atoms with van der Waals surface area (Å²) in [6.07, 6.45) is 7.47. The molecule has 0 radical (unpaired) electrons. The Morgan fingerprint density at radius 1 is 1.05 bits per heavy atom. The molecular weight excluding hydrogens is 488 g/mol. The van der Waals surface area contributed by atoms with Crippen LogP contribution in [0.25, 0.3) is 0 Å². The molecule has 214 valence electrons. The Morgan fingerprint density at radius 3 is 2.55 bits per heavy atom. The normalized spacial score (nSPS) is 52.7. The van der Waals surface area contributed by atoms with Crippen molar-refractivity contribution in [1.29, 1.82) is 0 Å². The van der Waals surface area contributed by atoms with Crippen LogP contribution in [0.3, 0.4) is 0 Å². The third-order valence-corrected chi connectivity index (χ3v) is 12.3. The van der Waals surface area contributed by atoms with E-state index in [4.69, 9.17) is 20.0 Å². The van der Waals surface area contributed by atoms with Gasteiger partial charge in [-0.25, -0.2) is 4.79 Å². The molecule has 0 aromatic heterocycles. The number of cyclic esters (lactones) is 1. The van der Waals surface area contributed by atoms with Crippen molar-refractivity contribution in [3.8, 4) is 0 Å². The molecule has 6 aliphatic rings. The van der Waals surface area contributed by atoms with E-state index in [9.17, 15) is 20.1 Å². The van der Waals surface area contributed by atoms with Crippen LogP contribution in [0.5, 0.6) is 0 Å². The molecule has 4 saturated carbocycles. The quantitative estimate of drug-likeness (QED) is 0.315. The lowest BCUT2D eigenvalue weighted by molar-refractivity contribution is -0.316. The van der Waals surface area contributed by atoms with Gasteiger partial charge in [-0.15, -0.1) is 0 Å². The van der Waals surface area contributed by atoms with Crippen LogP contribution in [0.15, 0.2) is 11.6 Å². The summed E-state index contributed by atoms with van der Waals surface area (Å²) in [4.78, 5) is 17.6. The number of rotatable bonds is 4. The van der Waals surface area contributed by atoms with Crippen molar-refractivity contribution in [3.63, 3.8) is 0 Å². The summed E-state index contributed by atoms with van der Waals surface area (Å²) in [7, 11) is 1.61. The zero-order chi connectivity index (χ0) is 27.0. The number of nitrogens with two attached hydrogens (primary N) is 1. The van der Waals surface area contributed by atoms with Gasteiger partial charge in [0.2, 0.25) is 0 Å². The van der Waals surface area contributed by atoms with Crippen LogP contribution in [0.1, 0.15) is 71.6 Å². The third kappa shape index (κ3) is 3.80. The number of ether oxygens (including phenoxy) is 2. The SMILES string of the molecule is CON([C@H]1CC[C@@]2(C)[C@H](CC[C@@H]3[C@@H]2CC[C@]2(C)[C@@H](C4=CC(=O)OC4)CC[C@]32O)C1)[C@@H]1OC[C@@H](N)[C@H](O)[C@H]1O. The summed E-state index contributed by atoms with van der Waals surface area (Å²) in [6, 6.07) is -0.531. The average Bonchev–Trinajstić information content (AvgIpc) is 3.44. The Morgan fingerprint density at radius 2 is 1.84 bits per heavy atom. The number of aliphatic hydroxyl groups is 3. The number of hydrogen-bond acceptors (Lipinski definition) is 9. The highest BCUT2D eigenvalue weighted by molar-refractivity contribution is 5.85. The zero-order valence-corrected chi connectivity index (χ0v) is 23.1. The Hall–Kier alpha value is -1.07. The molecule has 0 bridgehead atoms. The Kier molecular flexibility index (Phi) is 6.78. The van der Waals surface area contributed by atoms with Crippen LogP contribution in [-0.4, -0.2) is 82.8 Å². The smallest absolute Gasteiger partial charge is 0.331 e. The van der Waals surface area contributed by atoms with Crippen LogP contribution in [0, 0.1) is 34.5 Å². The number of nitrogens with zero attached hydrogens (tertiary/aromatic N) is 1. The van der Waals surface area contributed by atoms with Crippen molar-refractivity contribution in [2.75, 3.05) is 20.3 Å². The first-order valence-corrected chi connectivity index (χ1v) is 14.7. The maximum absolute atomic E-state index is 12.4. The number of aliphatic hydroxyl groups excluding tert-OH is 2. The molecule has 6 rings (SSSR count). The molecule has 9 nitrogen and oxygen atoms in total. The maximum Gasteiger partial charge on any atom is 0.331 e. The van der Waals surface area contributed by atoms with E-state index in [1.807, 2.05) is 0 Å². The standard InChI is InChI=1S/C29H46N2O7/c1-27-9-6-18(31(36-3)26-25(34)24(33)22(30)15-38-26)13-17(27)4-5-21-20(27)7-10-28(2)19(8-11-29(21,28)35)16-12-23(32)37-14-16/h12,17-22,24-26,33-35H,4-11,13-15,30H2,1-3H3/t17-,18+,19-,20+,21-,22-,24+,25-,26-,27+,28-,29+/m1/s1. The van der Waals surface area contributed by atoms with Gasteiger partial charge >= 0.3 is 5.97 Å². The van der Waals surface area contributed by atoms with Gasteiger partial charge in [0.05, 0.1) is 25.4 Å². The zero-order valence-electron chi connectivity index (χ0n) is 23.1. The Bertz CT molecular complexity index is 977. The minimum atomic E-state index is -1.13. The van der Waals surface area contributed by atoms with Crippen LogP contribution in [0.2, 0.25) is 0 Å². The van der Waals surface area contributed by atoms with Gasteiger partial charge in [-0.1, -0.05) is 13.8 Å². The highest BCUT2D eigenvalue weighted by Gasteiger charge is 2.68. The molecule has 12 atom stereocenters. The minimum absolute atomic E-state index is 0.0791. The largest absolute Gasteiger partial charge is 0.458 e. The minimum Gasteiger partial charge on any atom is -0.458 e. The number of carbonyl (C=O) groups is 1. The molecule has 0 aromatic carbocycles. The fraction of sp³-hybridized carbons (Fsp3) is 0.897. The lowest BCUT2D eigenvalue weighted by atomic mass is 9.43. The monoisotopic (exact) mass is 534 g/mol. The van der Waals surface area contributed by atoms with E-state index in [0.29, 0.717) is 18.4 Å². The predicted octanol–water partition coefficient (Wildman–Crippen LogP) is 1.88. The first-order valence-electron chi connectivity index (χ1n) is 14.7. The van der Waals surface area contributed by atoms with Crippen molar-refractivity contribution >= 4 is 5.97 Å². The summed E-state index contributed by atoms with van der Waals surface area (Å²) < 4.78 is 11.1. The fourth-order valence-corrected chi connectivity index (χ4v) is 10.1. The summed E-state index contributed by atoms with van der Waals surface area (Å²) in [5, 5.41) is 35.2. The van der Waals surface area contributed by atoms with E-state index in [1.54, 1.807) is 18.2 Å². The molecule has 38 heavy (non-hydrogen) atoms. The van der Waals surface area contributed by atoms with Gasteiger partial charge in [0, 0.05) is 17.5 Å². The van der Waals surface area contributed by atoms with Crippen LogP contribution >= 0.6 is 0 Å². The lowest BCUT2D eigenvalue weighted by Crippen LogP contribution is -2.65. The first kappa shape index (κ1) is 27.1. The van der Waals surface area contributed by atoms with Gasteiger partial charge < -0.3 is 30.5 Å². The van der Waals surface area contributed by atoms with E-state index >= 15 is 0 Å². The van der Waals surface area contributed by atoms with E-state index in [0.717, 1.165) is 63.4 Å². The lowest BCUT2D eigenvalue weighted by Gasteiger charge is -2.64. The molecule has 9 heteroatoms. The Balaban J connectivity index is 1.19. The van der Waals surface area contributed by atoms with Gasteiger partial charge in [-0.2, -0.15) is 5.06 Å². The number of carbonyl (C=O) groups excluding carboxylic acids is 1. The van der Waals surface area contributed by atoms with Crippen molar-refractivity contribution in [2.45, 2.75) is 108 Å². The summed E-state index contributed by atoms with van der Waals surface area (Å²) in [6.45, 7) is 5.27.